The van der Waals surface area contributed by atoms with E-state index >= 15 is 0 Å². The smallest absolute Gasteiger partial charge is 0.245 e. The molecule has 1 amide bonds. The first-order valence-electron chi connectivity index (χ1n) is 11.6. The van der Waals surface area contributed by atoms with Crippen molar-refractivity contribution in [2.75, 3.05) is 23.7 Å². The number of anilines is 2. The van der Waals surface area contributed by atoms with Crippen molar-refractivity contribution in [1.29, 1.82) is 0 Å². The minimum absolute atomic E-state index is 0.0160. The molecule has 5 heteroatoms. The largest absolute Gasteiger partial charge is 0.389 e. The lowest BCUT2D eigenvalue weighted by Gasteiger charge is -2.38. The number of hydrogen-bond donors (Lipinski definition) is 3. The van der Waals surface area contributed by atoms with Crippen LogP contribution < -0.4 is 10.6 Å². The molecule has 0 bridgehead atoms. The number of hydrogen-bond acceptors (Lipinski definition) is 4. The van der Waals surface area contributed by atoms with Crippen LogP contribution in [-0.2, 0) is 11.2 Å². The molecule has 1 aliphatic rings. The number of carbonyl (C=O) groups is 1. The van der Waals surface area contributed by atoms with Gasteiger partial charge in [-0.15, -0.1) is 0 Å². The molecule has 0 aromatic heterocycles. The second-order valence-electron chi connectivity index (χ2n) is 9.11. The molecule has 2 unspecified atom stereocenters. The monoisotopic (exact) mass is 443 g/mol. The Morgan fingerprint density at radius 1 is 0.909 bits per heavy atom. The lowest BCUT2D eigenvalue weighted by molar-refractivity contribution is -0.142. The number of benzene rings is 3. The number of aryl methyl sites for hydroxylation is 2. The van der Waals surface area contributed by atoms with Gasteiger partial charge in [0.15, 0.2) is 0 Å². The standard InChI is InChI=1S/C28H33N3O2/c1-19-8-12-22(13-9-19)16-27(28(33)31-17-24(32)18-31)30-26-7-5-4-6-25(26)29-21(3)23-14-10-20(2)11-15-23/h4-15,21,24,27,29-30,32H,16-18H2,1-3H3. The first kappa shape index (κ1) is 22.9. The summed E-state index contributed by atoms with van der Waals surface area (Å²) in [6.45, 7) is 7.08. The van der Waals surface area contributed by atoms with Gasteiger partial charge in [-0.1, -0.05) is 71.8 Å². The second-order valence-corrected chi connectivity index (χ2v) is 9.11. The van der Waals surface area contributed by atoms with Crippen molar-refractivity contribution in [2.24, 2.45) is 0 Å². The number of aliphatic hydroxyl groups excluding tert-OH is 1. The normalized spacial score (nSPS) is 15.5. The fourth-order valence-corrected chi connectivity index (χ4v) is 4.11. The highest BCUT2D eigenvalue weighted by Gasteiger charge is 2.33. The molecule has 1 fully saturated rings. The third-order valence-electron chi connectivity index (χ3n) is 6.24. The van der Waals surface area contributed by atoms with Crippen LogP contribution in [0, 0.1) is 13.8 Å². The number of aliphatic hydroxyl groups is 1. The predicted octanol–water partition coefficient (Wildman–Crippen LogP) is 4.70. The molecule has 3 aromatic carbocycles. The molecular formula is C28H33N3O2. The van der Waals surface area contributed by atoms with Gasteiger partial charge < -0.3 is 20.6 Å². The average Bonchev–Trinajstić information content (AvgIpc) is 2.79. The van der Waals surface area contributed by atoms with Gasteiger partial charge in [-0.3, -0.25) is 4.79 Å². The number of amides is 1. The Morgan fingerprint density at radius 3 is 2.03 bits per heavy atom. The van der Waals surface area contributed by atoms with Crippen LogP contribution in [0.15, 0.2) is 72.8 Å². The van der Waals surface area contributed by atoms with Crippen molar-refractivity contribution >= 4 is 17.3 Å². The lowest BCUT2D eigenvalue weighted by Crippen LogP contribution is -2.57. The van der Waals surface area contributed by atoms with E-state index in [1.165, 1.54) is 16.7 Å². The molecule has 0 spiro atoms. The molecule has 172 valence electrons. The van der Waals surface area contributed by atoms with Crippen molar-refractivity contribution in [3.05, 3.63) is 95.1 Å². The number of nitrogens with one attached hydrogen (secondary N) is 2. The summed E-state index contributed by atoms with van der Waals surface area (Å²) in [4.78, 5) is 15.0. The predicted molar refractivity (Wildman–Crippen MR) is 135 cm³/mol. The fourth-order valence-electron chi connectivity index (χ4n) is 4.11. The first-order chi connectivity index (χ1) is 15.9. The summed E-state index contributed by atoms with van der Waals surface area (Å²) < 4.78 is 0. The Morgan fingerprint density at radius 2 is 1.45 bits per heavy atom. The molecule has 0 aliphatic carbocycles. The minimum atomic E-state index is -0.419. The molecule has 3 N–H and O–H groups in total. The first-order valence-corrected chi connectivity index (χ1v) is 11.6. The summed E-state index contributed by atoms with van der Waals surface area (Å²) in [5.41, 5.74) is 6.59. The number of likely N-dealkylation sites (tertiary alicyclic amines) is 1. The van der Waals surface area contributed by atoms with Gasteiger partial charge in [-0.2, -0.15) is 0 Å². The average molecular weight is 444 g/mol. The van der Waals surface area contributed by atoms with Crippen LogP contribution in [0.3, 0.4) is 0 Å². The van der Waals surface area contributed by atoms with Crippen LogP contribution in [0.4, 0.5) is 11.4 Å². The van der Waals surface area contributed by atoms with E-state index in [9.17, 15) is 9.90 Å². The van der Waals surface area contributed by atoms with Crippen molar-refractivity contribution in [3.8, 4) is 0 Å². The Labute approximate surface area is 196 Å². The van der Waals surface area contributed by atoms with Crippen LogP contribution in [0.2, 0.25) is 0 Å². The summed E-state index contributed by atoms with van der Waals surface area (Å²) in [5.74, 6) is 0.0160. The summed E-state index contributed by atoms with van der Waals surface area (Å²) >= 11 is 0. The molecule has 33 heavy (non-hydrogen) atoms. The zero-order valence-electron chi connectivity index (χ0n) is 19.6. The molecule has 3 aromatic rings. The van der Waals surface area contributed by atoms with Gasteiger partial charge in [-0.05, 0) is 44.0 Å². The summed E-state index contributed by atoms with van der Waals surface area (Å²) in [6.07, 6.45) is 0.159. The highest BCUT2D eigenvalue weighted by atomic mass is 16.3. The van der Waals surface area contributed by atoms with Crippen molar-refractivity contribution in [2.45, 2.75) is 45.4 Å². The maximum atomic E-state index is 13.3. The molecular weight excluding hydrogens is 410 g/mol. The summed E-state index contributed by atoms with van der Waals surface area (Å²) in [6, 6.07) is 24.5. The van der Waals surface area contributed by atoms with Gasteiger partial charge in [-0.25, -0.2) is 0 Å². The molecule has 0 saturated carbocycles. The van der Waals surface area contributed by atoms with Crippen molar-refractivity contribution in [1.82, 2.24) is 4.90 Å². The van der Waals surface area contributed by atoms with Crippen LogP contribution >= 0.6 is 0 Å². The van der Waals surface area contributed by atoms with Crippen LogP contribution in [0.25, 0.3) is 0 Å². The SMILES string of the molecule is Cc1ccc(CC(Nc2ccccc2NC(C)c2ccc(C)cc2)C(=O)N2CC(O)C2)cc1. The van der Waals surface area contributed by atoms with Gasteiger partial charge in [0.05, 0.1) is 17.5 Å². The van der Waals surface area contributed by atoms with Gasteiger partial charge in [0.25, 0.3) is 0 Å². The third-order valence-corrected chi connectivity index (χ3v) is 6.24. The van der Waals surface area contributed by atoms with Gasteiger partial charge in [0.2, 0.25) is 5.91 Å². The van der Waals surface area contributed by atoms with Gasteiger partial charge >= 0.3 is 0 Å². The number of β-amino-alcohol motifs (C(OH)–C–C–N with tert-alkyl or cyclic N) is 1. The fraction of sp³-hybridized carbons (Fsp3) is 0.321. The quantitative estimate of drug-likeness (QED) is 0.472. The molecule has 5 nitrogen and oxygen atoms in total. The zero-order chi connectivity index (χ0) is 23.4. The summed E-state index contributed by atoms with van der Waals surface area (Å²) in [5, 5.41) is 16.8. The van der Waals surface area contributed by atoms with E-state index in [0.29, 0.717) is 19.5 Å². The van der Waals surface area contributed by atoms with Crippen molar-refractivity contribution < 1.29 is 9.90 Å². The highest BCUT2D eigenvalue weighted by Crippen LogP contribution is 2.28. The third kappa shape index (κ3) is 5.74. The number of para-hydroxylation sites is 2. The second kappa shape index (κ2) is 10.1. The minimum Gasteiger partial charge on any atom is -0.389 e. The topological polar surface area (TPSA) is 64.6 Å². The Balaban J connectivity index is 1.54. The zero-order valence-corrected chi connectivity index (χ0v) is 19.6. The molecule has 4 rings (SSSR count). The summed E-state index contributed by atoms with van der Waals surface area (Å²) in [7, 11) is 0. The maximum absolute atomic E-state index is 13.3. The van der Waals surface area contributed by atoms with Crippen LogP contribution in [-0.4, -0.2) is 41.1 Å². The van der Waals surface area contributed by atoms with E-state index in [4.69, 9.17) is 0 Å². The molecule has 0 radical (unpaired) electrons. The molecule has 2 atom stereocenters. The van der Waals surface area contributed by atoms with Gasteiger partial charge in [0, 0.05) is 25.6 Å². The molecule has 1 aliphatic heterocycles. The number of carbonyl (C=O) groups excluding carboxylic acids is 1. The Kier molecular flexibility index (Phi) is 6.99. The molecule has 1 saturated heterocycles. The lowest BCUT2D eigenvalue weighted by atomic mass is 10.0. The Hall–Kier alpha value is -3.31. The van der Waals surface area contributed by atoms with Gasteiger partial charge in [0.1, 0.15) is 6.04 Å². The van der Waals surface area contributed by atoms with E-state index in [1.807, 2.05) is 24.3 Å². The van der Waals surface area contributed by atoms with Crippen LogP contribution in [0.1, 0.15) is 35.2 Å². The van der Waals surface area contributed by atoms with E-state index in [0.717, 1.165) is 16.9 Å². The Bertz CT molecular complexity index is 1070. The number of nitrogens with zero attached hydrogens (tertiary/aromatic N) is 1. The van der Waals surface area contributed by atoms with Crippen molar-refractivity contribution in [3.63, 3.8) is 0 Å². The maximum Gasteiger partial charge on any atom is 0.245 e. The number of rotatable bonds is 8. The van der Waals surface area contributed by atoms with Crippen LogP contribution in [0.5, 0.6) is 0 Å². The van der Waals surface area contributed by atoms with E-state index in [-0.39, 0.29) is 11.9 Å². The van der Waals surface area contributed by atoms with E-state index < -0.39 is 12.1 Å². The highest BCUT2D eigenvalue weighted by molar-refractivity contribution is 5.87. The van der Waals surface area contributed by atoms with E-state index in [2.05, 4.69) is 79.9 Å². The molecule has 1 heterocycles. The van der Waals surface area contributed by atoms with E-state index in [1.54, 1.807) is 4.90 Å².